The number of hydrogen-bond donors (Lipinski definition) is 2. The van der Waals surface area contributed by atoms with Crippen LogP contribution in [0.3, 0.4) is 0 Å². The zero-order chi connectivity index (χ0) is 19.8. The second-order valence-electron chi connectivity index (χ2n) is 6.27. The summed E-state index contributed by atoms with van der Waals surface area (Å²) in [5.74, 6) is 0.0424. The van der Waals surface area contributed by atoms with Gasteiger partial charge in [-0.3, -0.25) is 30.6 Å². The molecule has 0 heterocycles. The van der Waals surface area contributed by atoms with Crippen molar-refractivity contribution in [3.05, 3.63) is 69.8 Å². The van der Waals surface area contributed by atoms with Crippen LogP contribution in [0.25, 0.3) is 0 Å². The fourth-order valence-corrected chi connectivity index (χ4v) is 2.13. The van der Waals surface area contributed by atoms with Crippen LogP contribution >= 0.6 is 0 Å². The summed E-state index contributed by atoms with van der Waals surface area (Å²) in [7, 11) is 0. The molecule has 0 saturated heterocycles. The van der Waals surface area contributed by atoms with Gasteiger partial charge in [-0.1, -0.05) is 19.9 Å². The second kappa shape index (κ2) is 9.33. The first-order valence-electron chi connectivity index (χ1n) is 8.45. The van der Waals surface area contributed by atoms with Gasteiger partial charge >= 0.3 is 0 Å². The van der Waals surface area contributed by atoms with Crippen molar-refractivity contribution >= 4 is 17.5 Å². The number of carbonyl (C=O) groups excluding carboxylic acids is 2. The van der Waals surface area contributed by atoms with Crippen LogP contribution < -0.4 is 15.6 Å². The fourth-order valence-electron chi connectivity index (χ4n) is 2.13. The zero-order valence-electron chi connectivity index (χ0n) is 15.1. The minimum absolute atomic E-state index is 0.0680. The van der Waals surface area contributed by atoms with Crippen LogP contribution in [0.1, 0.15) is 41.0 Å². The molecule has 0 aliphatic rings. The molecule has 0 atom stereocenters. The molecule has 27 heavy (non-hydrogen) atoms. The number of hydrogen-bond acceptors (Lipinski definition) is 5. The maximum atomic E-state index is 12.1. The Bertz CT molecular complexity index is 818. The zero-order valence-corrected chi connectivity index (χ0v) is 15.1. The lowest BCUT2D eigenvalue weighted by Gasteiger charge is -2.10. The van der Waals surface area contributed by atoms with Gasteiger partial charge in [0.1, 0.15) is 5.75 Å². The van der Waals surface area contributed by atoms with Crippen LogP contribution in [0.2, 0.25) is 0 Å². The molecule has 2 aromatic carbocycles. The Morgan fingerprint density at radius 3 is 2.26 bits per heavy atom. The summed E-state index contributed by atoms with van der Waals surface area (Å²) < 4.78 is 5.58. The van der Waals surface area contributed by atoms with Crippen molar-refractivity contribution in [3.63, 3.8) is 0 Å². The summed E-state index contributed by atoms with van der Waals surface area (Å²) >= 11 is 0. The molecular formula is C19H21N3O5. The van der Waals surface area contributed by atoms with E-state index < -0.39 is 16.7 Å². The molecule has 2 amide bonds. The maximum absolute atomic E-state index is 12.1. The van der Waals surface area contributed by atoms with Gasteiger partial charge in [-0.2, -0.15) is 0 Å². The summed E-state index contributed by atoms with van der Waals surface area (Å²) in [5, 5.41) is 10.7. The first-order valence-corrected chi connectivity index (χ1v) is 8.45. The lowest BCUT2D eigenvalue weighted by molar-refractivity contribution is -0.384. The Morgan fingerprint density at radius 2 is 1.67 bits per heavy atom. The van der Waals surface area contributed by atoms with E-state index in [0.717, 1.165) is 12.5 Å². The topological polar surface area (TPSA) is 111 Å². The van der Waals surface area contributed by atoms with Crippen molar-refractivity contribution in [2.75, 3.05) is 6.61 Å². The van der Waals surface area contributed by atoms with E-state index in [2.05, 4.69) is 24.7 Å². The van der Waals surface area contributed by atoms with Crippen LogP contribution in [-0.2, 0) is 0 Å². The molecule has 0 aliphatic heterocycles. The van der Waals surface area contributed by atoms with E-state index in [1.165, 1.54) is 18.2 Å². The normalized spacial score (nSPS) is 10.3. The Balaban J connectivity index is 1.88. The number of nitrogens with zero attached hydrogens (tertiary/aromatic N) is 1. The Morgan fingerprint density at radius 1 is 1.04 bits per heavy atom. The standard InChI is InChI=1S/C19H21N3O5/c1-13(2)10-11-27-17-8-6-14(7-9-17)18(23)20-21-19(24)15-4-3-5-16(12-15)22(25)26/h3-9,12-13H,10-11H2,1-2H3,(H,20,23)(H,21,24). The molecule has 0 bridgehead atoms. The Hall–Kier alpha value is -3.42. The number of non-ortho nitro benzene ring substituents is 1. The number of rotatable bonds is 7. The van der Waals surface area contributed by atoms with Crippen molar-refractivity contribution in [2.45, 2.75) is 20.3 Å². The predicted octanol–water partition coefficient (Wildman–Crippen LogP) is 3.09. The molecule has 8 nitrogen and oxygen atoms in total. The number of ether oxygens (including phenoxy) is 1. The van der Waals surface area contributed by atoms with Gasteiger partial charge in [0, 0.05) is 23.3 Å². The largest absolute Gasteiger partial charge is 0.494 e. The Kier molecular flexibility index (Phi) is 6.87. The fraction of sp³-hybridized carbons (Fsp3) is 0.263. The van der Waals surface area contributed by atoms with Gasteiger partial charge in [-0.05, 0) is 42.7 Å². The summed E-state index contributed by atoms with van der Waals surface area (Å²) in [6.45, 7) is 4.82. The van der Waals surface area contributed by atoms with Crippen LogP contribution in [0, 0.1) is 16.0 Å². The maximum Gasteiger partial charge on any atom is 0.270 e. The molecule has 8 heteroatoms. The third kappa shape index (κ3) is 6.10. The smallest absolute Gasteiger partial charge is 0.270 e. The average molecular weight is 371 g/mol. The molecule has 0 aromatic heterocycles. The highest BCUT2D eigenvalue weighted by molar-refractivity contribution is 5.99. The van der Waals surface area contributed by atoms with Crippen molar-refractivity contribution in [1.29, 1.82) is 0 Å². The summed E-state index contributed by atoms with van der Waals surface area (Å²) in [4.78, 5) is 34.3. The molecule has 0 saturated carbocycles. The molecule has 0 aliphatic carbocycles. The summed E-state index contributed by atoms with van der Waals surface area (Å²) in [5.41, 5.74) is 4.71. The quantitative estimate of drug-likeness (QED) is 0.574. The molecule has 142 valence electrons. The van der Waals surface area contributed by atoms with Gasteiger partial charge in [-0.25, -0.2) is 0 Å². The van der Waals surface area contributed by atoms with Crippen LogP contribution in [0.15, 0.2) is 48.5 Å². The van der Waals surface area contributed by atoms with E-state index in [1.54, 1.807) is 24.3 Å². The Labute approximate surface area is 156 Å². The minimum Gasteiger partial charge on any atom is -0.494 e. The first kappa shape index (κ1) is 19.9. The van der Waals surface area contributed by atoms with Gasteiger partial charge in [0.05, 0.1) is 11.5 Å². The van der Waals surface area contributed by atoms with E-state index in [1.807, 2.05) is 0 Å². The molecule has 0 spiro atoms. The lowest BCUT2D eigenvalue weighted by atomic mass is 10.1. The lowest BCUT2D eigenvalue weighted by Crippen LogP contribution is -2.41. The third-order valence-electron chi connectivity index (χ3n) is 3.69. The average Bonchev–Trinajstić information content (AvgIpc) is 2.66. The van der Waals surface area contributed by atoms with E-state index in [9.17, 15) is 19.7 Å². The predicted molar refractivity (Wildman–Crippen MR) is 99.4 cm³/mol. The summed E-state index contributed by atoms with van der Waals surface area (Å²) in [6, 6.07) is 11.7. The minimum atomic E-state index is -0.652. The van der Waals surface area contributed by atoms with Gasteiger partial charge in [0.25, 0.3) is 17.5 Å². The van der Waals surface area contributed by atoms with Crippen LogP contribution in [0.4, 0.5) is 5.69 Å². The molecule has 2 rings (SSSR count). The van der Waals surface area contributed by atoms with Crippen molar-refractivity contribution in [2.24, 2.45) is 5.92 Å². The van der Waals surface area contributed by atoms with Crippen molar-refractivity contribution < 1.29 is 19.2 Å². The van der Waals surface area contributed by atoms with Crippen LogP contribution in [0.5, 0.6) is 5.75 Å². The van der Waals surface area contributed by atoms with Crippen molar-refractivity contribution in [3.8, 4) is 5.75 Å². The highest BCUT2D eigenvalue weighted by Gasteiger charge is 2.13. The number of carbonyl (C=O) groups is 2. The number of amides is 2. The number of nitro groups is 1. The van der Waals surface area contributed by atoms with Gasteiger partial charge in [0.2, 0.25) is 0 Å². The molecule has 2 N–H and O–H groups in total. The van der Waals surface area contributed by atoms with Crippen molar-refractivity contribution in [1.82, 2.24) is 10.9 Å². The van der Waals surface area contributed by atoms with Gasteiger partial charge in [0.15, 0.2) is 0 Å². The number of nitro benzene ring substituents is 1. The third-order valence-corrected chi connectivity index (χ3v) is 3.69. The van der Waals surface area contributed by atoms with E-state index in [-0.39, 0.29) is 11.3 Å². The van der Waals surface area contributed by atoms with Gasteiger partial charge in [-0.15, -0.1) is 0 Å². The second-order valence-corrected chi connectivity index (χ2v) is 6.27. The highest BCUT2D eigenvalue weighted by Crippen LogP contribution is 2.14. The SMILES string of the molecule is CC(C)CCOc1ccc(C(=O)NNC(=O)c2cccc([N+](=O)[O-])c2)cc1. The van der Waals surface area contributed by atoms with E-state index in [4.69, 9.17) is 4.74 Å². The molecular weight excluding hydrogens is 350 g/mol. The molecule has 0 radical (unpaired) electrons. The number of nitrogens with one attached hydrogen (secondary N) is 2. The van der Waals surface area contributed by atoms with E-state index in [0.29, 0.717) is 23.8 Å². The highest BCUT2D eigenvalue weighted by atomic mass is 16.6. The van der Waals surface area contributed by atoms with E-state index >= 15 is 0 Å². The van der Waals surface area contributed by atoms with Crippen LogP contribution in [-0.4, -0.2) is 23.3 Å². The first-order chi connectivity index (χ1) is 12.9. The monoisotopic (exact) mass is 371 g/mol. The number of hydrazine groups is 1. The number of benzene rings is 2. The molecule has 2 aromatic rings. The van der Waals surface area contributed by atoms with Gasteiger partial charge < -0.3 is 4.74 Å². The molecule has 0 unspecified atom stereocenters. The summed E-state index contributed by atoms with van der Waals surface area (Å²) in [6.07, 6.45) is 0.936. The molecule has 0 fully saturated rings.